The van der Waals surface area contributed by atoms with Crippen LogP contribution < -0.4 is 13.8 Å². The molecule has 0 bridgehead atoms. The minimum Gasteiger partial charge on any atom is -0.755 e. The van der Waals surface area contributed by atoms with E-state index in [2.05, 4.69) is 4.98 Å². The van der Waals surface area contributed by atoms with Crippen molar-refractivity contribution in [2.75, 3.05) is 17.5 Å². The topological polar surface area (TPSA) is 112 Å². The Labute approximate surface area is 198 Å². The number of rotatable bonds is 10. The summed E-state index contributed by atoms with van der Waals surface area (Å²) in [5.74, 6) is 0.111. The predicted molar refractivity (Wildman–Crippen MR) is 128 cm³/mol. The number of aromatic nitrogens is 1. The summed E-state index contributed by atoms with van der Waals surface area (Å²) >= 11 is -2.56. The maximum Gasteiger partial charge on any atom is 0.307 e. The van der Waals surface area contributed by atoms with Gasteiger partial charge in [0, 0.05) is 17.1 Å². The highest BCUT2D eigenvalue weighted by Gasteiger charge is 2.14. The summed E-state index contributed by atoms with van der Waals surface area (Å²) in [5, 5.41) is 9.84. The highest BCUT2D eigenvalue weighted by molar-refractivity contribution is 7.81. The van der Waals surface area contributed by atoms with Crippen LogP contribution in [0.4, 0.5) is 11.4 Å². The van der Waals surface area contributed by atoms with E-state index in [4.69, 9.17) is 14.6 Å². The highest BCUT2D eigenvalue weighted by Crippen LogP contribution is 2.33. The number of pyridine rings is 1. The Morgan fingerprint density at radius 2 is 1.68 bits per heavy atom. The zero-order valence-electron chi connectivity index (χ0n) is 18.0. The SMILES string of the molecule is O=C(O)Cc1ccccc1OCCOc1ccc(N(c2cccc3cccnc23)S(=O)[O-])cc1. The minimum atomic E-state index is -2.56. The largest absolute Gasteiger partial charge is 0.755 e. The fraction of sp³-hybridized carbons (Fsp3) is 0.120. The molecular weight excluding hydrogens is 456 g/mol. The average Bonchev–Trinajstić information content (AvgIpc) is 2.83. The Hall–Kier alpha value is -3.95. The maximum absolute atomic E-state index is 12.1. The third-order valence-electron chi connectivity index (χ3n) is 4.97. The van der Waals surface area contributed by atoms with E-state index in [0.717, 1.165) is 5.39 Å². The molecule has 0 radical (unpaired) electrons. The molecule has 1 aromatic heterocycles. The molecule has 174 valence electrons. The number of aliphatic carboxylic acids is 1. The number of carboxylic acid groups (broad SMARTS) is 1. The van der Waals surface area contributed by atoms with Crippen LogP contribution in [-0.2, 0) is 22.5 Å². The van der Waals surface area contributed by atoms with Gasteiger partial charge >= 0.3 is 5.97 Å². The molecule has 0 aliphatic carbocycles. The van der Waals surface area contributed by atoms with Gasteiger partial charge in [0.25, 0.3) is 0 Å². The normalized spacial score (nSPS) is 11.7. The van der Waals surface area contributed by atoms with E-state index in [-0.39, 0.29) is 19.6 Å². The quantitative estimate of drug-likeness (QED) is 0.268. The third kappa shape index (κ3) is 5.51. The van der Waals surface area contributed by atoms with Crippen molar-refractivity contribution in [3.05, 3.63) is 90.6 Å². The lowest BCUT2D eigenvalue weighted by molar-refractivity contribution is -0.136. The molecule has 8 nitrogen and oxygen atoms in total. The van der Waals surface area contributed by atoms with Crippen LogP contribution in [0, 0.1) is 0 Å². The first-order chi connectivity index (χ1) is 16.5. The molecule has 0 saturated heterocycles. The number of para-hydroxylation sites is 2. The van der Waals surface area contributed by atoms with Gasteiger partial charge in [-0.2, -0.15) is 0 Å². The van der Waals surface area contributed by atoms with Crippen molar-refractivity contribution in [1.82, 2.24) is 4.98 Å². The Kier molecular flexibility index (Phi) is 7.36. The van der Waals surface area contributed by atoms with Crippen molar-refractivity contribution in [2.45, 2.75) is 6.42 Å². The molecular formula is C25H21N2O6S-. The number of carbonyl (C=O) groups is 1. The Bertz CT molecular complexity index is 1310. The standard InChI is InChI=1S/C25H22N2O6S/c28-24(29)17-19-5-1-2-9-23(19)33-16-15-32-21-12-10-20(11-13-21)27(34(30)31)22-8-3-6-18-7-4-14-26-25(18)22/h1-14H,15-17H2,(H,28,29)(H,30,31)/p-1. The van der Waals surface area contributed by atoms with Crippen LogP contribution in [-0.4, -0.2) is 38.0 Å². The molecule has 1 heterocycles. The fourth-order valence-electron chi connectivity index (χ4n) is 3.50. The summed E-state index contributed by atoms with van der Waals surface area (Å²) in [4.78, 5) is 15.3. The zero-order chi connectivity index (χ0) is 23.9. The lowest BCUT2D eigenvalue weighted by Crippen LogP contribution is -2.20. The molecule has 9 heteroatoms. The molecule has 0 amide bonds. The van der Waals surface area contributed by atoms with E-state index in [1.807, 2.05) is 12.1 Å². The smallest absolute Gasteiger partial charge is 0.307 e. The summed E-state index contributed by atoms with van der Waals surface area (Å²) in [6, 6.07) is 22.6. The molecule has 34 heavy (non-hydrogen) atoms. The van der Waals surface area contributed by atoms with Crippen LogP contribution in [0.5, 0.6) is 11.5 Å². The molecule has 4 rings (SSSR count). The highest BCUT2D eigenvalue weighted by atomic mass is 32.2. The van der Waals surface area contributed by atoms with Gasteiger partial charge in [0.2, 0.25) is 0 Å². The van der Waals surface area contributed by atoms with Gasteiger partial charge < -0.3 is 19.1 Å². The number of hydrogen-bond acceptors (Lipinski definition) is 6. The van der Waals surface area contributed by atoms with Gasteiger partial charge in [-0.25, -0.2) is 0 Å². The van der Waals surface area contributed by atoms with E-state index in [1.54, 1.807) is 72.9 Å². The molecule has 0 saturated carbocycles. The molecule has 0 spiro atoms. The predicted octanol–water partition coefficient (Wildman–Crippen LogP) is 4.25. The summed E-state index contributed by atoms with van der Waals surface area (Å²) < 4.78 is 36.7. The van der Waals surface area contributed by atoms with Gasteiger partial charge in [-0.05, 0) is 42.5 Å². The van der Waals surface area contributed by atoms with Gasteiger partial charge in [0.15, 0.2) is 0 Å². The molecule has 0 fully saturated rings. The zero-order valence-corrected chi connectivity index (χ0v) is 18.8. The monoisotopic (exact) mass is 477 g/mol. The van der Waals surface area contributed by atoms with Gasteiger partial charge in [-0.15, -0.1) is 0 Å². The summed E-state index contributed by atoms with van der Waals surface area (Å²) in [7, 11) is 0. The number of anilines is 2. The number of carboxylic acids is 1. The molecule has 0 aliphatic rings. The van der Waals surface area contributed by atoms with Crippen molar-refractivity contribution in [2.24, 2.45) is 0 Å². The fourth-order valence-corrected chi connectivity index (χ4v) is 4.10. The van der Waals surface area contributed by atoms with Crippen LogP contribution in [0.3, 0.4) is 0 Å². The number of nitrogens with zero attached hydrogens (tertiary/aromatic N) is 2. The van der Waals surface area contributed by atoms with Gasteiger partial charge in [-0.1, -0.05) is 36.4 Å². The van der Waals surface area contributed by atoms with Gasteiger partial charge in [0.05, 0.1) is 34.6 Å². The van der Waals surface area contributed by atoms with Crippen molar-refractivity contribution < 1.29 is 28.1 Å². The van der Waals surface area contributed by atoms with Crippen LogP contribution in [0.15, 0.2) is 85.1 Å². The summed E-state index contributed by atoms with van der Waals surface area (Å²) in [6.07, 6.45) is 1.50. The second kappa shape index (κ2) is 10.8. The van der Waals surface area contributed by atoms with Crippen LogP contribution in [0.2, 0.25) is 0 Å². The third-order valence-corrected chi connectivity index (χ3v) is 5.68. The molecule has 3 aromatic carbocycles. The van der Waals surface area contributed by atoms with Crippen LogP contribution >= 0.6 is 0 Å². The molecule has 1 unspecified atom stereocenters. The Morgan fingerprint density at radius 1 is 0.941 bits per heavy atom. The van der Waals surface area contributed by atoms with Crippen molar-refractivity contribution >= 4 is 39.5 Å². The number of fused-ring (bicyclic) bond motifs is 1. The Balaban J connectivity index is 1.42. The average molecular weight is 478 g/mol. The molecule has 1 N–H and O–H groups in total. The van der Waals surface area contributed by atoms with Crippen molar-refractivity contribution in [3.63, 3.8) is 0 Å². The number of benzene rings is 3. The lowest BCUT2D eigenvalue weighted by atomic mass is 10.1. The summed E-state index contributed by atoms with van der Waals surface area (Å²) in [6.45, 7) is 0.446. The molecule has 0 aliphatic heterocycles. The number of hydrogen-bond donors (Lipinski definition) is 1. The van der Waals surface area contributed by atoms with Gasteiger partial charge in [0.1, 0.15) is 24.7 Å². The first kappa shape index (κ1) is 23.2. The molecule has 4 aromatic rings. The minimum absolute atomic E-state index is 0.123. The summed E-state index contributed by atoms with van der Waals surface area (Å²) in [5.41, 5.74) is 2.06. The second-order valence-corrected chi connectivity index (χ2v) is 8.03. The van der Waals surface area contributed by atoms with Crippen LogP contribution in [0.25, 0.3) is 10.9 Å². The second-order valence-electron chi connectivity index (χ2n) is 7.23. The first-order valence-corrected chi connectivity index (χ1v) is 11.4. The van der Waals surface area contributed by atoms with Crippen LogP contribution in [0.1, 0.15) is 5.56 Å². The maximum atomic E-state index is 12.1. The van der Waals surface area contributed by atoms with E-state index >= 15 is 0 Å². The lowest BCUT2D eigenvalue weighted by Gasteiger charge is -2.27. The Morgan fingerprint density at radius 3 is 2.44 bits per heavy atom. The van der Waals surface area contributed by atoms with Crippen molar-refractivity contribution in [1.29, 1.82) is 0 Å². The van der Waals surface area contributed by atoms with Gasteiger partial charge in [-0.3, -0.25) is 18.3 Å². The van der Waals surface area contributed by atoms with E-state index in [0.29, 0.717) is 34.0 Å². The van der Waals surface area contributed by atoms with E-state index in [9.17, 15) is 13.6 Å². The number of ether oxygens (including phenoxy) is 2. The molecule has 1 atom stereocenters. The van der Waals surface area contributed by atoms with E-state index in [1.165, 1.54) is 4.31 Å². The van der Waals surface area contributed by atoms with E-state index < -0.39 is 17.2 Å². The first-order valence-electron chi connectivity index (χ1n) is 10.4. The van der Waals surface area contributed by atoms with Crippen molar-refractivity contribution in [3.8, 4) is 11.5 Å².